The summed E-state index contributed by atoms with van der Waals surface area (Å²) in [6.45, 7) is 4.49. The minimum atomic E-state index is -3.66. The van der Waals surface area contributed by atoms with Gasteiger partial charge in [0.25, 0.3) is 15.9 Å². The zero-order chi connectivity index (χ0) is 17.0. The van der Waals surface area contributed by atoms with E-state index >= 15 is 0 Å². The minimum absolute atomic E-state index is 0.0310. The molecule has 0 saturated heterocycles. The molecule has 1 aliphatic carbocycles. The third kappa shape index (κ3) is 4.57. The van der Waals surface area contributed by atoms with Crippen LogP contribution in [-0.2, 0) is 10.0 Å². The fourth-order valence-electron chi connectivity index (χ4n) is 3.09. The van der Waals surface area contributed by atoms with Gasteiger partial charge in [-0.05, 0) is 50.3 Å². The van der Waals surface area contributed by atoms with Crippen LogP contribution in [0.2, 0.25) is 0 Å². The van der Waals surface area contributed by atoms with E-state index in [1.165, 1.54) is 25.6 Å². The fraction of sp³-hybridized carbons (Fsp3) is 0.688. The van der Waals surface area contributed by atoms with E-state index in [1.807, 2.05) is 0 Å². The molecule has 0 radical (unpaired) electrons. The summed E-state index contributed by atoms with van der Waals surface area (Å²) in [6, 6.07) is 2.82. The van der Waals surface area contributed by atoms with Crippen LogP contribution < -0.4 is 10.0 Å². The van der Waals surface area contributed by atoms with E-state index in [2.05, 4.69) is 23.9 Å². The molecular weight excluding hydrogens is 316 g/mol. The average molecular weight is 342 g/mol. The Morgan fingerprint density at radius 2 is 1.96 bits per heavy atom. The third-order valence-electron chi connectivity index (χ3n) is 4.63. The highest BCUT2D eigenvalue weighted by Gasteiger charge is 2.24. The number of carbonyl (C=O) groups excluding carboxylic acids is 1. The summed E-state index contributed by atoms with van der Waals surface area (Å²) < 4.78 is 30.6. The summed E-state index contributed by atoms with van der Waals surface area (Å²) in [5.41, 5.74) is 0. The predicted molar refractivity (Wildman–Crippen MR) is 87.6 cm³/mol. The van der Waals surface area contributed by atoms with Crippen molar-refractivity contribution in [1.82, 2.24) is 10.0 Å². The lowest BCUT2D eigenvalue weighted by molar-refractivity contribution is 0.0899. The second-order valence-electron chi connectivity index (χ2n) is 6.51. The molecular formula is C16H26N2O4S. The number of nitrogens with one attached hydrogen (secondary N) is 2. The van der Waals surface area contributed by atoms with Gasteiger partial charge in [-0.1, -0.05) is 26.7 Å². The van der Waals surface area contributed by atoms with Crippen molar-refractivity contribution in [2.45, 2.75) is 57.1 Å². The normalized spacial score (nSPS) is 22.8. The first-order valence-corrected chi connectivity index (χ1v) is 9.66. The molecule has 1 saturated carbocycles. The number of sulfonamides is 1. The summed E-state index contributed by atoms with van der Waals surface area (Å²) in [4.78, 5) is 12.2. The van der Waals surface area contributed by atoms with Crippen LogP contribution in [-0.4, -0.2) is 27.4 Å². The Bertz CT molecular complexity index is 636. The second-order valence-corrected chi connectivity index (χ2v) is 8.33. The highest BCUT2D eigenvalue weighted by Crippen LogP contribution is 2.29. The quantitative estimate of drug-likeness (QED) is 0.805. The second kappa shape index (κ2) is 7.49. The van der Waals surface area contributed by atoms with Crippen molar-refractivity contribution in [3.63, 3.8) is 0 Å². The Morgan fingerprint density at radius 3 is 2.61 bits per heavy atom. The minimum Gasteiger partial charge on any atom is -0.438 e. The molecule has 0 bridgehead atoms. The monoisotopic (exact) mass is 342 g/mol. The average Bonchev–Trinajstić information content (AvgIpc) is 2.90. The number of rotatable bonds is 5. The number of hydrogen-bond acceptors (Lipinski definition) is 4. The highest BCUT2D eigenvalue weighted by molar-refractivity contribution is 7.89. The zero-order valence-corrected chi connectivity index (χ0v) is 14.8. The van der Waals surface area contributed by atoms with Crippen molar-refractivity contribution >= 4 is 15.9 Å². The summed E-state index contributed by atoms with van der Waals surface area (Å²) in [5.74, 6) is 1.07. The van der Waals surface area contributed by atoms with Gasteiger partial charge < -0.3 is 9.73 Å². The highest BCUT2D eigenvalue weighted by atomic mass is 32.2. The lowest BCUT2D eigenvalue weighted by Crippen LogP contribution is -2.34. The summed E-state index contributed by atoms with van der Waals surface area (Å²) in [6.07, 6.45) is 5.33. The lowest BCUT2D eigenvalue weighted by atomic mass is 9.89. The Labute approximate surface area is 138 Å². The van der Waals surface area contributed by atoms with Crippen LogP contribution in [0.15, 0.2) is 21.6 Å². The van der Waals surface area contributed by atoms with Crippen molar-refractivity contribution in [3.05, 3.63) is 17.9 Å². The van der Waals surface area contributed by atoms with Gasteiger partial charge in [0.05, 0.1) is 0 Å². The van der Waals surface area contributed by atoms with Gasteiger partial charge in [-0.3, -0.25) is 4.79 Å². The van der Waals surface area contributed by atoms with Crippen LogP contribution in [0.25, 0.3) is 0 Å². The molecule has 1 aromatic heterocycles. The Morgan fingerprint density at radius 1 is 1.22 bits per heavy atom. The van der Waals surface area contributed by atoms with Gasteiger partial charge in [0.2, 0.25) is 5.09 Å². The molecule has 2 rings (SSSR count). The van der Waals surface area contributed by atoms with E-state index in [0.717, 1.165) is 25.7 Å². The van der Waals surface area contributed by atoms with Crippen LogP contribution in [0.3, 0.4) is 0 Å². The Hall–Kier alpha value is -1.34. The maximum absolute atomic E-state index is 12.2. The molecule has 1 aliphatic rings. The van der Waals surface area contributed by atoms with Crippen LogP contribution in [0.5, 0.6) is 0 Å². The molecule has 2 N–H and O–H groups in total. The van der Waals surface area contributed by atoms with Crippen molar-refractivity contribution in [3.8, 4) is 0 Å². The van der Waals surface area contributed by atoms with Crippen molar-refractivity contribution in [1.29, 1.82) is 0 Å². The Kier molecular flexibility index (Phi) is 5.86. The van der Waals surface area contributed by atoms with Crippen LogP contribution in [0.4, 0.5) is 0 Å². The molecule has 0 aliphatic heterocycles. The SMILES string of the molecule is CNS(=O)(=O)c1ccc(C(=O)N[C@H]2CCC[C@@H](C(C)C)CC2)o1. The number of carbonyl (C=O) groups is 1. The topological polar surface area (TPSA) is 88.4 Å². The predicted octanol–water partition coefficient (Wildman–Crippen LogP) is 2.52. The molecule has 1 fully saturated rings. The van der Waals surface area contributed by atoms with E-state index in [0.29, 0.717) is 11.8 Å². The van der Waals surface area contributed by atoms with E-state index in [9.17, 15) is 13.2 Å². The van der Waals surface area contributed by atoms with Crippen molar-refractivity contribution in [2.75, 3.05) is 7.05 Å². The van der Waals surface area contributed by atoms with Gasteiger partial charge in [0.15, 0.2) is 5.76 Å². The van der Waals surface area contributed by atoms with E-state index in [-0.39, 0.29) is 22.8 Å². The molecule has 130 valence electrons. The molecule has 1 aromatic rings. The van der Waals surface area contributed by atoms with E-state index in [1.54, 1.807) is 0 Å². The first-order chi connectivity index (χ1) is 10.8. The van der Waals surface area contributed by atoms with Crippen LogP contribution >= 0.6 is 0 Å². The first-order valence-electron chi connectivity index (χ1n) is 8.17. The maximum atomic E-state index is 12.2. The maximum Gasteiger partial charge on any atom is 0.287 e. The molecule has 0 unspecified atom stereocenters. The molecule has 1 heterocycles. The number of amides is 1. The first kappa shape index (κ1) is 18.0. The molecule has 0 aromatic carbocycles. The molecule has 7 heteroatoms. The van der Waals surface area contributed by atoms with Crippen LogP contribution in [0.1, 0.15) is 56.5 Å². The molecule has 6 nitrogen and oxygen atoms in total. The molecule has 2 atom stereocenters. The van der Waals surface area contributed by atoms with Crippen molar-refractivity contribution in [2.24, 2.45) is 11.8 Å². The van der Waals surface area contributed by atoms with Gasteiger partial charge in [0, 0.05) is 6.04 Å². The van der Waals surface area contributed by atoms with E-state index in [4.69, 9.17) is 4.42 Å². The summed E-state index contributed by atoms with van der Waals surface area (Å²) >= 11 is 0. The smallest absolute Gasteiger partial charge is 0.287 e. The fourth-order valence-corrected chi connectivity index (χ4v) is 3.73. The van der Waals surface area contributed by atoms with Gasteiger partial charge >= 0.3 is 0 Å². The van der Waals surface area contributed by atoms with Gasteiger partial charge in [-0.15, -0.1) is 0 Å². The third-order valence-corrected chi connectivity index (χ3v) is 5.92. The van der Waals surface area contributed by atoms with Gasteiger partial charge in [0.1, 0.15) is 0 Å². The van der Waals surface area contributed by atoms with Crippen molar-refractivity contribution < 1.29 is 17.6 Å². The molecule has 23 heavy (non-hydrogen) atoms. The number of furan rings is 1. The summed E-state index contributed by atoms with van der Waals surface area (Å²) in [5, 5.41) is 2.72. The van der Waals surface area contributed by atoms with E-state index < -0.39 is 10.0 Å². The Balaban J connectivity index is 1.97. The largest absolute Gasteiger partial charge is 0.438 e. The van der Waals surface area contributed by atoms with Gasteiger partial charge in [-0.2, -0.15) is 0 Å². The zero-order valence-electron chi connectivity index (χ0n) is 14.0. The molecule has 1 amide bonds. The molecule has 0 spiro atoms. The summed E-state index contributed by atoms with van der Waals surface area (Å²) in [7, 11) is -2.36. The number of hydrogen-bond donors (Lipinski definition) is 2. The standard InChI is InChI=1S/C16H26N2O4S/c1-11(2)12-5-4-6-13(8-7-12)18-16(19)14-9-10-15(22-14)23(20,21)17-3/h9-13,17H,4-8H2,1-3H3,(H,18,19)/t12-,13+/m1/s1. The van der Waals surface area contributed by atoms with Crippen LogP contribution in [0, 0.1) is 11.8 Å². The van der Waals surface area contributed by atoms with Gasteiger partial charge in [-0.25, -0.2) is 13.1 Å². The lowest BCUT2D eigenvalue weighted by Gasteiger charge is -2.18.